The summed E-state index contributed by atoms with van der Waals surface area (Å²) in [6.45, 7) is 0. The van der Waals surface area contributed by atoms with E-state index in [1.54, 1.807) is 11.8 Å². The summed E-state index contributed by atoms with van der Waals surface area (Å²) in [5, 5.41) is 2.64. The number of alkyl halides is 1. The molecule has 2 nitrogen and oxygen atoms in total. The average Bonchev–Trinajstić information content (AvgIpc) is 2.85. The van der Waals surface area contributed by atoms with Crippen LogP contribution in [-0.2, 0) is 11.2 Å². The molecule has 2 aromatic carbocycles. The first-order chi connectivity index (χ1) is 9.69. The number of nitrogens with one attached hydrogen (secondary N) is 1. The van der Waals surface area contributed by atoms with Gasteiger partial charge in [0.05, 0.1) is 11.8 Å². The quantitative estimate of drug-likeness (QED) is 0.679. The molecule has 2 aromatic rings. The van der Waals surface area contributed by atoms with Crippen molar-refractivity contribution in [3.05, 3.63) is 59.2 Å². The molecule has 0 aromatic heterocycles. The smallest absolute Gasteiger partial charge is 0.228 e. The van der Waals surface area contributed by atoms with Gasteiger partial charge in [-0.15, -0.1) is 23.4 Å². The van der Waals surface area contributed by atoms with Crippen LogP contribution in [0.25, 0.3) is 0 Å². The average molecular weight is 304 g/mol. The lowest BCUT2D eigenvalue weighted by Gasteiger charge is -2.15. The Bertz CT molecular complexity index is 671. The van der Waals surface area contributed by atoms with Gasteiger partial charge in [0.2, 0.25) is 5.91 Å². The Labute approximate surface area is 127 Å². The maximum Gasteiger partial charge on any atom is 0.228 e. The molecule has 3 rings (SSSR count). The zero-order chi connectivity index (χ0) is 14.1. The third-order valence-corrected chi connectivity index (χ3v) is 4.76. The fourth-order valence-electron chi connectivity index (χ4n) is 2.46. The maximum absolute atomic E-state index is 11.4. The summed E-state index contributed by atoms with van der Waals surface area (Å²) in [4.78, 5) is 12.6. The number of anilines is 1. The minimum Gasteiger partial charge on any atom is -0.326 e. The van der Waals surface area contributed by atoms with Gasteiger partial charge in [-0.1, -0.05) is 30.3 Å². The first-order valence-corrected chi connectivity index (χ1v) is 8.05. The predicted molar refractivity (Wildman–Crippen MR) is 84.7 cm³/mol. The Hall–Kier alpha value is -1.45. The van der Waals surface area contributed by atoms with Crippen molar-refractivity contribution < 1.29 is 4.79 Å². The Kier molecular flexibility index (Phi) is 3.72. The zero-order valence-electron chi connectivity index (χ0n) is 11.0. The molecule has 0 bridgehead atoms. The first-order valence-electron chi connectivity index (χ1n) is 6.38. The van der Waals surface area contributed by atoms with Gasteiger partial charge in [-0.05, 0) is 35.1 Å². The van der Waals surface area contributed by atoms with Gasteiger partial charge in [-0.3, -0.25) is 4.79 Å². The van der Waals surface area contributed by atoms with E-state index in [-0.39, 0.29) is 11.3 Å². The predicted octanol–water partition coefficient (Wildman–Crippen LogP) is 4.23. The van der Waals surface area contributed by atoms with Crippen molar-refractivity contribution in [2.24, 2.45) is 0 Å². The summed E-state index contributed by atoms with van der Waals surface area (Å²) >= 11 is 8.33. The number of carbonyl (C=O) groups excluding carboxylic acids is 1. The lowest BCUT2D eigenvalue weighted by Crippen LogP contribution is -2.03. The lowest BCUT2D eigenvalue weighted by molar-refractivity contribution is -0.115. The highest BCUT2D eigenvalue weighted by Crippen LogP contribution is 2.36. The van der Waals surface area contributed by atoms with Gasteiger partial charge in [0.15, 0.2) is 0 Å². The minimum absolute atomic E-state index is 0.0489. The number of fused-ring (bicyclic) bond motifs is 1. The summed E-state index contributed by atoms with van der Waals surface area (Å²) < 4.78 is 0. The van der Waals surface area contributed by atoms with Crippen LogP contribution in [-0.4, -0.2) is 12.2 Å². The fraction of sp³-hybridized carbons (Fsp3) is 0.188. The van der Waals surface area contributed by atoms with Gasteiger partial charge in [-0.25, -0.2) is 0 Å². The van der Waals surface area contributed by atoms with E-state index in [1.807, 2.05) is 36.6 Å². The summed E-state index contributed by atoms with van der Waals surface area (Å²) in [5.41, 5.74) is 4.07. The van der Waals surface area contributed by atoms with Gasteiger partial charge in [0, 0.05) is 10.6 Å². The van der Waals surface area contributed by atoms with Crippen LogP contribution in [0.4, 0.5) is 5.69 Å². The Morgan fingerprint density at radius 1 is 1.25 bits per heavy atom. The molecule has 1 aliphatic heterocycles. The number of halogens is 1. The number of benzene rings is 2. The lowest BCUT2D eigenvalue weighted by atomic mass is 10.0. The normalized spacial score (nSPS) is 14.8. The molecule has 102 valence electrons. The molecule has 0 saturated carbocycles. The molecule has 4 heteroatoms. The summed E-state index contributed by atoms with van der Waals surface area (Å²) in [7, 11) is 0. The molecule has 1 heterocycles. The SMILES string of the molecule is CSc1ccccc1C(Cl)c1ccc2c(c1)CC(=O)N2. The van der Waals surface area contributed by atoms with Crippen molar-refractivity contribution in [1.29, 1.82) is 0 Å². The van der Waals surface area contributed by atoms with Crippen molar-refractivity contribution in [2.45, 2.75) is 16.7 Å². The molecular formula is C16H14ClNOS. The standard InChI is InChI=1S/C16H14ClNOS/c1-20-14-5-3-2-4-12(14)16(17)10-6-7-13-11(8-10)9-15(19)18-13/h2-8,16H,9H2,1H3,(H,18,19). The van der Waals surface area contributed by atoms with Crippen LogP contribution >= 0.6 is 23.4 Å². The summed E-state index contributed by atoms with van der Waals surface area (Å²) in [6, 6.07) is 14.1. The molecule has 1 atom stereocenters. The maximum atomic E-state index is 11.4. The molecule has 0 aliphatic carbocycles. The van der Waals surface area contributed by atoms with Gasteiger partial charge >= 0.3 is 0 Å². The number of amides is 1. The number of thioether (sulfide) groups is 1. The van der Waals surface area contributed by atoms with Crippen molar-refractivity contribution in [1.82, 2.24) is 0 Å². The van der Waals surface area contributed by atoms with Crippen LogP contribution in [0.3, 0.4) is 0 Å². The number of hydrogen-bond acceptors (Lipinski definition) is 2. The van der Waals surface area contributed by atoms with Crippen molar-refractivity contribution >= 4 is 35.0 Å². The molecule has 0 radical (unpaired) electrons. The highest BCUT2D eigenvalue weighted by atomic mass is 35.5. The highest BCUT2D eigenvalue weighted by Gasteiger charge is 2.20. The van der Waals surface area contributed by atoms with Crippen molar-refractivity contribution in [3.63, 3.8) is 0 Å². The van der Waals surface area contributed by atoms with Crippen LogP contribution in [0.5, 0.6) is 0 Å². The molecular weight excluding hydrogens is 290 g/mol. The van der Waals surface area contributed by atoms with Gasteiger partial charge in [0.1, 0.15) is 0 Å². The number of carbonyl (C=O) groups is 1. The third kappa shape index (κ3) is 2.43. The second kappa shape index (κ2) is 5.51. The highest BCUT2D eigenvalue weighted by molar-refractivity contribution is 7.98. The number of hydrogen-bond donors (Lipinski definition) is 1. The monoisotopic (exact) mass is 303 g/mol. The van der Waals surface area contributed by atoms with E-state index < -0.39 is 0 Å². The van der Waals surface area contributed by atoms with E-state index >= 15 is 0 Å². The molecule has 1 unspecified atom stereocenters. The van der Waals surface area contributed by atoms with Crippen molar-refractivity contribution in [3.8, 4) is 0 Å². The van der Waals surface area contributed by atoms with Crippen LogP contribution < -0.4 is 5.32 Å². The topological polar surface area (TPSA) is 29.1 Å². The summed E-state index contributed by atoms with van der Waals surface area (Å²) in [6.07, 6.45) is 2.49. The van der Waals surface area contributed by atoms with E-state index in [0.717, 1.165) is 22.4 Å². The van der Waals surface area contributed by atoms with E-state index in [2.05, 4.69) is 17.4 Å². The van der Waals surface area contributed by atoms with E-state index in [4.69, 9.17) is 11.6 Å². The van der Waals surface area contributed by atoms with E-state index in [9.17, 15) is 4.79 Å². The van der Waals surface area contributed by atoms with Crippen molar-refractivity contribution in [2.75, 3.05) is 11.6 Å². The molecule has 0 saturated heterocycles. The molecule has 0 spiro atoms. The molecule has 0 fully saturated rings. The van der Waals surface area contributed by atoms with Crippen LogP contribution in [0.1, 0.15) is 22.1 Å². The van der Waals surface area contributed by atoms with E-state index in [1.165, 1.54) is 4.90 Å². The first kappa shape index (κ1) is 13.5. The minimum atomic E-state index is -0.195. The number of rotatable bonds is 3. The molecule has 1 aliphatic rings. The van der Waals surface area contributed by atoms with Crippen LogP contribution in [0.15, 0.2) is 47.4 Å². The second-order valence-corrected chi connectivity index (χ2v) is 6.03. The largest absolute Gasteiger partial charge is 0.326 e. The Balaban J connectivity index is 1.97. The summed E-state index contributed by atoms with van der Waals surface area (Å²) in [5.74, 6) is 0.0489. The van der Waals surface area contributed by atoms with Gasteiger partial charge < -0.3 is 5.32 Å². The van der Waals surface area contributed by atoms with Crippen LogP contribution in [0, 0.1) is 0 Å². The molecule has 20 heavy (non-hydrogen) atoms. The molecule has 1 amide bonds. The Morgan fingerprint density at radius 2 is 2.05 bits per heavy atom. The van der Waals surface area contributed by atoms with E-state index in [0.29, 0.717) is 6.42 Å². The van der Waals surface area contributed by atoms with Gasteiger partial charge in [-0.2, -0.15) is 0 Å². The fourth-order valence-corrected chi connectivity index (χ4v) is 3.49. The zero-order valence-corrected chi connectivity index (χ0v) is 12.6. The van der Waals surface area contributed by atoms with Gasteiger partial charge in [0.25, 0.3) is 0 Å². The second-order valence-electron chi connectivity index (χ2n) is 4.75. The third-order valence-electron chi connectivity index (χ3n) is 3.46. The Morgan fingerprint density at radius 3 is 2.85 bits per heavy atom. The molecule has 1 N–H and O–H groups in total. The van der Waals surface area contributed by atoms with Crippen LogP contribution in [0.2, 0.25) is 0 Å².